The molecule has 1 aromatic carbocycles. The van der Waals surface area contributed by atoms with Crippen LogP contribution < -0.4 is 9.64 Å². The summed E-state index contributed by atoms with van der Waals surface area (Å²) in [5.74, 6) is 1.51. The second kappa shape index (κ2) is 5.40. The van der Waals surface area contributed by atoms with Crippen LogP contribution in [-0.2, 0) is 0 Å². The maximum atomic E-state index is 9.78. The van der Waals surface area contributed by atoms with Gasteiger partial charge in [0.2, 0.25) is 0 Å². The maximum absolute atomic E-state index is 9.78. The number of ether oxygens (including phenoxy) is 1. The summed E-state index contributed by atoms with van der Waals surface area (Å²) in [4.78, 5) is 6.52. The summed E-state index contributed by atoms with van der Waals surface area (Å²) >= 11 is 0. The van der Waals surface area contributed by atoms with Gasteiger partial charge >= 0.3 is 0 Å². The fourth-order valence-electron chi connectivity index (χ4n) is 2.38. The quantitative estimate of drug-likeness (QED) is 0.927. The average Bonchev–Trinajstić information content (AvgIpc) is 2.98. The lowest BCUT2D eigenvalue weighted by Crippen LogP contribution is -2.30. The van der Waals surface area contributed by atoms with Gasteiger partial charge in [-0.25, -0.2) is 0 Å². The van der Waals surface area contributed by atoms with E-state index < -0.39 is 0 Å². The predicted octanol–water partition coefficient (Wildman–Crippen LogP) is 2.44. The summed E-state index contributed by atoms with van der Waals surface area (Å²) in [5, 5.41) is 13.8. The van der Waals surface area contributed by atoms with Gasteiger partial charge in [-0.2, -0.15) is 4.98 Å². The molecule has 1 aromatic heterocycles. The van der Waals surface area contributed by atoms with Crippen LogP contribution in [0.4, 0.5) is 5.95 Å². The van der Waals surface area contributed by atoms with Gasteiger partial charge in [-0.15, -0.1) is 0 Å². The summed E-state index contributed by atoms with van der Waals surface area (Å²) in [7, 11) is 1.51. The number of anilines is 1. The topological polar surface area (TPSA) is 71.6 Å². The van der Waals surface area contributed by atoms with Crippen LogP contribution in [0.25, 0.3) is 11.5 Å². The highest BCUT2D eigenvalue weighted by Crippen LogP contribution is 2.31. The molecular weight excluding hydrogens is 258 g/mol. The van der Waals surface area contributed by atoms with Crippen LogP contribution >= 0.6 is 0 Å². The van der Waals surface area contributed by atoms with Crippen LogP contribution in [0.1, 0.15) is 19.3 Å². The van der Waals surface area contributed by atoms with E-state index in [1.165, 1.54) is 13.5 Å². The zero-order valence-electron chi connectivity index (χ0n) is 11.4. The molecular formula is C14H17N3O3. The summed E-state index contributed by atoms with van der Waals surface area (Å²) in [5.41, 5.74) is 0.680. The van der Waals surface area contributed by atoms with E-state index >= 15 is 0 Å². The molecule has 0 aliphatic carbocycles. The van der Waals surface area contributed by atoms with Crippen molar-refractivity contribution in [3.8, 4) is 23.0 Å². The molecule has 106 valence electrons. The number of piperidine rings is 1. The van der Waals surface area contributed by atoms with Crippen molar-refractivity contribution in [1.29, 1.82) is 0 Å². The SMILES string of the molecule is COc1ccc(-c2nc(N3CCCCC3)no2)cc1O. The molecule has 0 unspecified atom stereocenters. The lowest BCUT2D eigenvalue weighted by Gasteiger charge is -2.24. The lowest BCUT2D eigenvalue weighted by molar-refractivity contribution is 0.373. The summed E-state index contributed by atoms with van der Waals surface area (Å²) in [6.45, 7) is 1.93. The highest BCUT2D eigenvalue weighted by atomic mass is 16.5. The predicted molar refractivity (Wildman–Crippen MR) is 74.0 cm³/mol. The number of phenolic OH excluding ortho intramolecular Hbond substituents is 1. The third-order valence-corrected chi connectivity index (χ3v) is 3.48. The Hall–Kier alpha value is -2.24. The molecule has 0 radical (unpaired) electrons. The standard InChI is InChI=1S/C14H17N3O3/c1-19-12-6-5-10(9-11(12)18)13-15-14(16-20-13)17-7-3-2-4-8-17/h5-6,9,18H,2-4,7-8H2,1H3. The van der Waals surface area contributed by atoms with Crippen molar-refractivity contribution in [1.82, 2.24) is 10.1 Å². The Balaban J connectivity index is 1.84. The monoisotopic (exact) mass is 275 g/mol. The molecule has 1 fully saturated rings. The van der Waals surface area contributed by atoms with Gasteiger partial charge in [0, 0.05) is 18.7 Å². The van der Waals surface area contributed by atoms with Gasteiger partial charge in [0.05, 0.1) is 7.11 Å². The molecule has 0 bridgehead atoms. The largest absolute Gasteiger partial charge is 0.504 e. The van der Waals surface area contributed by atoms with E-state index in [4.69, 9.17) is 9.26 Å². The number of aromatic nitrogens is 2. The molecule has 3 rings (SSSR count). The van der Waals surface area contributed by atoms with Gasteiger partial charge in [-0.1, -0.05) is 0 Å². The van der Waals surface area contributed by atoms with Crippen molar-refractivity contribution >= 4 is 5.95 Å². The molecule has 2 heterocycles. The minimum Gasteiger partial charge on any atom is -0.504 e. The average molecular weight is 275 g/mol. The number of rotatable bonds is 3. The summed E-state index contributed by atoms with van der Waals surface area (Å²) in [6.07, 6.45) is 3.58. The van der Waals surface area contributed by atoms with E-state index in [1.807, 2.05) is 0 Å². The van der Waals surface area contributed by atoms with E-state index in [-0.39, 0.29) is 5.75 Å². The molecule has 0 amide bonds. The molecule has 1 N–H and O–H groups in total. The number of methoxy groups -OCH3 is 1. The maximum Gasteiger partial charge on any atom is 0.266 e. The van der Waals surface area contributed by atoms with Gasteiger partial charge in [0.15, 0.2) is 11.5 Å². The highest BCUT2D eigenvalue weighted by Gasteiger charge is 2.18. The minimum atomic E-state index is 0.0581. The van der Waals surface area contributed by atoms with E-state index in [1.54, 1.807) is 18.2 Å². The Kier molecular flexibility index (Phi) is 3.45. The first kappa shape index (κ1) is 12.8. The van der Waals surface area contributed by atoms with Crippen molar-refractivity contribution in [3.63, 3.8) is 0 Å². The molecule has 1 aliphatic heterocycles. The number of nitrogens with zero attached hydrogens (tertiary/aromatic N) is 3. The van der Waals surface area contributed by atoms with Crippen LogP contribution in [0.5, 0.6) is 11.5 Å². The molecule has 1 saturated heterocycles. The second-order valence-electron chi connectivity index (χ2n) is 4.83. The highest BCUT2D eigenvalue weighted by molar-refractivity contribution is 5.60. The van der Waals surface area contributed by atoms with Crippen LogP contribution in [0.3, 0.4) is 0 Å². The number of aromatic hydroxyl groups is 1. The van der Waals surface area contributed by atoms with Crippen LogP contribution in [-0.4, -0.2) is 35.4 Å². The van der Waals surface area contributed by atoms with Crippen molar-refractivity contribution in [2.24, 2.45) is 0 Å². The minimum absolute atomic E-state index is 0.0581. The van der Waals surface area contributed by atoms with Gasteiger partial charge in [-0.05, 0) is 42.6 Å². The third-order valence-electron chi connectivity index (χ3n) is 3.48. The van der Waals surface area contributed by atoms with Crippen molar-refractivity contribution in [2.45, 2.75) is 19.3 Å². The Morgan fingerprint density at radius 3 is 2.75 bits per heavy atom. The molecule has 0 saturated carbocycles. The zero-order valence-corrected chi connectivity index (χ0v) is 11.4. The van der Waals surface area contributed by atoms with Gasteiger partial charge < -0.3 is 19.3 Å². The molecule has 20 heavy (non-hydrogen) atoms. The summed E-state index contributed by atoms with van der Waals surface area (Å²) < 4.78 is 10.3. The number of hydrogen-bond donors (Lipinski definition) is 1. The normalized spacial score (nSPS) is 15.3. The van der Waals surface area contributed by atoms with Crippen molar-refractivity contribution in [2.75, 3.05) is 25.1 Å². The van der Waals surface area contributed by atoms with Crippen molar-refractivity contribution < 1.29 is 14.4 Å². The second-order valence-corrected chi connectivity index (χ2v) is 4.83. The Morgan fingerprint density at radius 1 is 1.25 bits per heavy atom. The first-order valence-electron chi connectivity index (χ1n) is 6.74. The number of phenols is 1. The zero-order chi connectivity index (χ0) is 13.9. The van der Waals surface area contributed by atoms with Gasteiger partial charge in [0.1, 0.15) is 0 Å². The fraction of sp³-hybridized carbons (Fsp3) is 0.429. The van der Waals surface area contributed by atoms with E-state index in [0.717, 1.165) is 25.9 Å². The fourth-order valence-corrected chi connectivity index (χ4v) is 2.38. The molecule has 6 nitrogen and oxygen atoms in total. The molecule has 6 heteroatoms. The van der Waals surface area contributed by atoms with E-state index in [2.05, 4.69) is 15.0 Å². The van der Waals surface area contributed by atoms with Gasteiger partial charge in [0.25, 0.3) is 11.8 Å². The Morgan fingerprint density at radius 2 is 2.05 bits per heavy atom. The molecule has 0 atom stereocenters. The Bertz CT molecular complexity index is 591. The first-order valence-corrected chi connectivity index (χ1v) is 6.74. The van der Waals surface area contributed by atoms with E-state index in [9.17, 15) is 5.11 Å². The lowest BCUT2D eigenvalue weighted by atomic mass is 10.1. The van der Waals surface area contributed by atoms with E-state index in [0.29, 0.717) is 23.2 Å². The van der Waals surface area contributed by atoms with Gasteiger partial charge in [-0.3, -0.25) is 0 Å². The van der Waals surface area contributed by atoms with Crippen LogP contribution in [0.15, 0.2) is 22.7 Å². The summed E-state index contributed by atoms with van der Waals surface area (Å²) in [6, 6.07) is 5.02. The number of benzene rings is 1. The van der Waals surface area contributed by atoms with Crippen LogP contribution in [0.2, 0.25) is 0 Å². The molecule has 2 aromatic rings. The number of hydrogen-bond acceptors (Lipinski definition) is 6. The first-order chi connectivity index (χ1) is 9.78. The van der Waals surface area contributed by atoms with Crippen molar-refractivity contribution in [3.05, 3.63) is 18.2 Å². The Labute approximate surface area is 117 Å². The third kappa shape index (κ3) is 2.41. The smallest absolute Gasteiger partial charge is 0.266 e. The molecule has 0 spiro atoms. The van der Waals surface area contributed by atoms with Crippen LogP contribution in [0, 0.1) is 0 Å². The molecule has 1 aliphatic rings.